The first-order chi connectivity index (χ1) is 13.3. The van der Waals surface area contributed by atoms with Crippen molar-refractivity contribution >= 4 is 39.1 Å². The molecule has 5 nitrogen and oxygen atoms in total. The molecule has 2 N–H and O–H groups in total. The van der Waals surface area contributed by atoms with E-state index < -0.39 is 5.60 Å². The maximum absolute atomic E-state index is 12.7. The van der Waals surface area contributed by atoms with Crippen LogP contribution in [0.3, 0.4) is 0 Å². The summed E-state index contributed by atoms with van der Waals surface area (Å²) in [6.45, 7) is 3.21. The first-order valence-corrected chi connectivity index (χ1v) is 9.71. The molecule has 2 aromatic carbocycles. The maximum atomic E-state index is 12.7. The lowest BCUT2D eigenvalue weighted by Gasteiger charge is -2.25. The van der Waals surface area contributed by atoms with Crippen LogP contribution in [0.4, 0.5) is 5.69 Å². The Morgan fingerprint density at radius 3 is 2.50 bits per heavy atom. The average Bonchev–Trinajstić information content (AvgIpc) is 3.12. The van der Waals surface area contributed by atoms with Crippen LogP contribution in [0.1, 0.15) is 19.6 Å². The molecule has 0 spiro atoms. The van der Waals surface area contributed by atoms with Crippen molar-refractivity contribution in [3.63, 3.8) is 0 Å². The summed E-state index contributed by atoms with van der Waals surface area (Å²) in [5.74, 6) is 1.29. The lowest BCUT2D eigenvalue weighted by molar-refractivity contribution is -0.128. The van der Waals surface area contributed by atoms with Gasteiger partial charge in [-0.3, -0.25) is 4.79 Å². The topological polar surface area (TPSA) is 71.7 Å². The predicted octanol–water partition coefficient (Wildman–Crippen LogP) is 5.65. The molecular formula is C21H19BrClNO4. The standard InChI is InChI=1S/C21H19BrClNO4/c1-21(2,28-15-6-3-13(22)4-7-15)20(26)24-14-5-9-17(18(23)11-14)19-10-8-16(12-25)27-19/h3-11,25H,12H2,1-2H3,(H,24,26). The summed E-state index contributed by atoms with van der Waals surface area (Å²) in [6, 6.07) is 15.8. The molecule has 0 aliphatic heterocycles. The van der Waals surface area contributed by atoms with Crippen molar-refractivity contribution in [2.45, 2.75) is 26.1 Å². The van der Waals surface area contributed by atoms with Gasteiger partial charge in [0.25, 0.3) is 5.91 Å². The van der Waals surface area contributed by atoms with Crippen LogP contribution in [0.25, 0.3) is 11.3 Å². The molecule has 0 aliphatic rings. The maximum Gasteiger partial charge on any atom is 0.267 e. The van der Waals surface area contributed by atoms with Gasteiger partial charge in [0.15, 0.2) is 5.60 Å². The minimum Gasteiger partial charge on any atom is -0.478 e. The normalized spacial score (nSPS) is 11.3. The molecule has 28 heavy (non-hydrogen) atoms. The molecule has 7 heteroatoms. The lowest BCUT2D eigenvalue weighted by atomic mass is 10.1. The van der Waals surface area contributed by atoms with Crippen LogP contribution in [0.5, 0.6) is 5.75 Å². The number of benzene rings is 2. The van der Waals surface area contributed by atoms with E-state index in [1.54, 1.807) is 56.3 Å². The van der Waals surface area contributed by atoms with Crippen molar-refractivity contribution < 1.29 is 19.1 Å². The summed E-state index contributed by atoms with van der Waals surface area (Å²) >= 11 is 9.72. The number of hydrogen-bond donors (Lipinski definition) is 2. The van der Waals surface area contributed by atoms with Crippen LogP contribution in [-0.2, 0) is 11.4 Å². The van der Waals surface area contributed by atoms with E-state index in [1.807, 2.05) is 12.1 Å². The number of anilines is 1. The van der Waals surface area contributed by atoms with Gasteiger partial charge in [0, 0.05) is 15.7 Å². The molecular weight excluding hydrogens is 446 g/mol. The fourth-order valence-electron chi connectivity index (χ4n) is 2.53. The SMILES string of the molecule is CC(C)(Oc1ccc(Br)cc1)C(=O)Nc1ccc(-c2ccc(CO)o2)c(Cl)c1. The second-order valence-corrected chi connectivity index (χ2v) is 7.96. The molecule has 146 valence electrons. The first-order valence-electron chi connectivity index (χ1n) is 8.54. The Bertz CT molecular complexity index is 982. The Morgan fingerprint density at radius 1 is 1.18 bits per heavy atom. The van der Waals surface area contributed by atoms with E-state index in [4.69, 9.17) is 25.9 Å². The summed E-state index contributed by atoms with van der Waals surface area (Å²) in [5.41, 5.74) is 0.126. The minimum absolute atomic E-state index is 0.181. The molecule has 0 saturated heterocycles. The third kappa shape index (κ3) is 4.76. The van der Waals surface area contributed by atoms with E-state index in [9.17, 15) is 4.79 Å². The average molecular weight is 465 g/mol. The Balaban J connectivity index is 1.72. The zero-order valence-corrected chi connectivity index (χ0v) is 17.7. The van der Waals surface area contributed by atoms with E-state index in [-0.39, 0.29) is 12.5 Å². The number of carbonyl (C=O) groups is 1. The molecule has 0 atom stereocenters. The molecule has 0 unspecified atom stereocenters. The number of halogens is 2. The van der Waals surface area contributed by atoms with Gasteiger partial charge < -0.3 is 19.6 Å². The Morgan fingerprint density at radius 2 is 1.89 bits per heavy atom. The van der Waals surface area contributed by atoms with Gasteiger partial charge >= 0.3 is 0 Å². The van der Waals surface area contributed by atoms with Crippen LogP contribution < -0.4 is 10.1 Å². The Kier molecular flexibility index (Phi) is 6.13. The Labute approximate surface area is 176 Å². The monoisotopic (exact) mass is 463 g/mol. The Hall–Kier alpha value is -2.28. The number of nitrogens with one attached hydrogen (secondary N) is 1. The van der Waals surface area contributed by atoms with Crippen molar-refractivity contribution in [1.82, 2.24) is 0 Å². The van der Waals surface area contributed by atoms with E-state index >= 15 is 0 Å². The van der Waals surface area contributed by atoms with Gasteiger partial charge in [-0.25, -0.2) is 0 Å². The molecule has 0 bridgehead atoms. The van der Waals surface area contributed by atoms with Crippen LogP contribution in [0.2, 0.25) is 5.02 Å². The second kappa shape index (κ2) is 8.39. The van der Waals surface area contributed by atoms with Gasteiger partial charge in [-0.05, 0) is 68.4 Å². The number of carbonyl (C=O) groups excluding carboxylic acids is 1. The van der Waals surface area contributed by atoms with Crippen LogP contribution in [-0.4, -0.2) is 16.6 Å². The third-order valence-corrected chi connectivity index (χ3v) is 4.88. The first kappa shape index (κ1) is 20.5. The van der Waals surface area contributed by atoms with E-state index in [2.05, 4.69) is 21.2 Å². The van der Waals surface area contributed by atoms with Gasteiger partial charge in [-0.15, -0.1) is 0 Å². The number of aliphatic hydroxyl groups is 1. The number of rotatable bonds is 6. The highest BCUT2D eigenvalue weighted by Gasteiger charge is 2.30. The van der Waals surface area contributed by atoms with Gasteiger partial charge in [0.1, 0.15) is 23.9 Å². The minimum atomic E-state index is -1.09. The predicted molar refractivity (Wildman–Crippen MR) is 113 cm³/mol. The number of amides is 1. The largest absolute Gasteiger partial charge is 0.478 e. The zero-order chi connectivity index (χ0) is 20.3. The summed E-state index contributed by atoms with van der Waals surface area (Å²) in [5, 5.41) is 12.4. The van der Waals surface area contributed by atoms with E-state index in [1.165, 1.54) is 0 Å². The van der Waals surface area contributed by atoms with Crippen molar-refractivity contribution in [3.05, 3.63) is 69.9 Å². The fourth-order valence-corrected chi connectivity index (χ4v) is 3.06. The van der Waals surface area contributed by atoms with Crippen LogP contribution in [0.15, 0.2) is 63.5 Å². The summed E-state index contributed by atoms with van der Waals surface area (Å²) in [4.78, 5) is 12.7. The van der Waals surface area contributed by atoms with E-state index in [0.717, 1.165) is 4.47 Å². The number of hydrogen-bond acceptors (Lipinski definition) is 4. The van der Waals surface area contributed by atoms with Crippen molar-refractivity contribution in [2.24, 2.45) is 0 Å². The molecule has 1 aromatic heterocycles. The number of aliphatic hydroxyl groups excluding tert-OH is 1. The van der Waals surface area contributed by atoms with Crippen molar-refractivity contribution in [2.75, 3.05) is 5.32 Å². The fraction of sp³-hybridized carbons (Fsp3) is 0.190. The van der Waals surface area contributed by atoms with Gasteiger partial charge in [0.05, 0.1) is 5.02 Å². The third-order valence-electron chi connectivity index (χ3n) is 4.04. The molecule has 0 saturated carbocycles. The molecule has 0 fully saturated rings. The molecule has 3 rings (SSSR count). The number of ether oxygens (including phenoxy) is 1. The van der Waals surface area contributed by atoms with Gasteiger partial charge in [0.2, 0.25) is 0 Å². The molecule has 1 amide bonds. The molecule has 0 radical (unpaired) electrons. The highest BCUT2D eigenvalue weighted by Crippen LogP contribution is 2.32. The van der Waals surface area contributed by atoms with Gasteiger partial charge in [-0.2, -0.15) is 0 Å². The molecule has 0 aliphatic carbocycles. The van der Waals surface area contributed by atoms with Gasteiger partial charge in [-0.1, -0.05) is 27.5 Å². The second-order valence-electron chi connectivity index (χ2n) is 6.64. The zero-order valence-electron chi connectivity index (χ0n) is 15.3. The van der Waals surface area contributed by atoms with Crippen LogP contribution >= 0.6 is 27.5 Å². The van der Waals surface area contributed by atoms with E-state index in [0.29, 0.717) is 33.5 Å². The quantitative estimate of drug-likeness (QED) is 0.494. The lowest BCUT2D eigenvalue weighted by Crippen LogP contribution is -2.42. The molecule has 3 aromatic rings. The summed E-state index contributed by atoms with van der Waals surface area (Å²) in [6.07, 6.45) is 0. The highest BCUT2D eigenvalue weighted by molar-refractivity contribution is 9.10. The number of furan rings is 1. The van der Waals surface area contributed by atoms with Crippen molar-refractivity contribution in [1.29, 1.82) is 0 Å². The highest BCUT2D eigenvalue weighted by atomic mass is 79.9. The molecule has 1 heterocycles. The van der Waals surface area contributed by atoms with Crippen LogP contribution in [0, 0.1) is 0 Å². The smallest absolute Gasteiger partial charge is 0.267 e. The summed E-state index contributed by atoms with van der Waals surface area (Å²) < 4.78 is 12.3. The van der Waals surface area contributed by atoms with Crippen molar-refractivity contribution in [3.8, 4) is 17.1 Å². The summed E-state index contributed by atoms with van der Waals surface area (Å²) in [7, 11) is 0.